The van der Waals surface area contributed by atoms with Crippen molar-refractivity contribution in [1.29, 1.82) is 0 Å². The van der Waals surface area contributed by atoms with E-state index in [1.165, 1.54) is 37.7 Å². The van der Waals surface area contributed by atoms with E-state index in [0.717, 1.165) is 5.75 Å². The third kappa shape index (κ3) is 6.47. The highest BCUT2D eigenvalue weighted by molar-refractivity contribution is 6.00. The molecular weight excluding hydrogens is 428 g/mol. The first-order valence-electron chi connectivity index (χ1n) is 11.9. The molecule has 0 saturated heterocycles. The Bertz CT molecular complexity index is 1070. The first kappa shape index (κ1) is 23.6. The number of para-hydroxylation sites is 2. The van der Waals surface area contributed by atoms with Crippen LogP contribution in [0.25, 0.3) is 0 Å². The smallest absolute Gasteiger partial charge is 0.342 e. The average molecular weight is 459 g/mol. The Morgan fingerprint density at radius 3 is 2.18 bits per heavy atom. The van der Waals surface area contributed by atoms with E-state index in [4.69, 9.17) is 14.2 Å². The van der Waals surface area contributed by atoms with Gasteiger partial charge in [-0.1, -0.05) is 73.9 Å². The van der Waals surface area contributed by atoms with Gasteiger partial charge in [-0.25, -0.2) is 4.79 Å². The Balaban J connectivity index is 1.27. The zero-order valence-electron chi connectivity index (χ0n) is 19.3. The normalized spacial score (nSPS) is 13.8. The van der Waals surface area contributed by atoms with Crippen molar-refractivity contribution in [1.82, 2.24) is 0 Å². The van der Waals surface area contributed by atoms with Crippen LogP contribution < -0.4 is 9.47 Å². The Kier molecular flexibility index (Phi) is 8.33. The summed E-state index contributed by atoms with van der Waals surface area (Å²) in [6.45, 7) is 0.293. The summed E-state index contributed by atoms with van der Waals surface area (Å²) in [6.07, 6.45) is 6.28. The Morgan fingerprint density at radius 1 is 0.735 bits per heavy atom. The van der Waals surface area contributed by atoms with Crippen LogP contribution in [0.2, 0.25) is 0 Å². The Morgan fingerprint density at radius 2 is 1.41 bits per heavy atom. The standard InChI is InChI=1S/C29H30O5/c30-27(24-17-15-23(16-18-24)22-9-3-1-4-10-22)21-34-29(31)26-13-7-8-14-28(26)33-20-19-32-25-11-5-2-6-12-25/h2,5-8,11-18,22H,1,3-4,9-10,19-21H2. The molecule has 1 fully saturated rings. The number of ketones is 1. The number of hydrogen-bond donors (Lipinski definition) is 0. The van der Waals surface area contributed by atoms with Gasteiger partial charge in [0.1, 0.15) is 30.3 Å². The number of carbonyl (C=O) groups excluding carboxylic acids is 2. The summed E-state index contributed by atoms with van der Waals surface area (Å²) in [4.78, 5) is 25.2. The molecule has 3 aromatic carbocycles. The first-order chi connectivity index (χ1) is 16.7. The number of hydrogen-bond acceptors (Lipinski definition) is 5. The molecule has 3 aromatic rings. The van der Waals surface area contributed by atoms with E-state index in [0.29, 0.717) is 23.8 Å². The first-order valence-corrected chi connectivity index (χ1v) is 11.9. The number of carbonyl (C=O) groups is 2. The van der Waals surface area contributed by atoms with Gasteiger partial charge >= 0.3 is 5.97 Å². The van der Waals surface area contributed by atoms with E-state index in [-0.39, 0.29) is 24.6 Å². The monoisotopic (exact) mass is 458 g/mol. The molecule has 0 heterocycles. The number of benzene rings is 3. The zero-order valence-corrected chi connectivity index (χ0v) is 19.3. The fraction of sp³-hybridized carbons (Fsp3) is 0.310. The highest BCUT2D eigenvalue weighted by Crippen LogP contribution is 2.32. The van der Waals surface area contributed by atoms with Crippen molar-refractivity contribution in [3.05, 3.63) is 95.6 Å². The Labute approximate surface area is 200 Å². The molecule has 5 nitrogen and oxygen atoms in total. The topological polar surface area (TPSA) is 61.8 Å². The van der Waals surface area contributed by atoms with E-state index in [9.17, 15) is 9.59 Å². The summed E-state index contributed by atoms with van der Waals surface area (Å²) in [7, 11) is 0. The van der Waals surface area contributed by atoms with E-state index in [1.807, 2.05) is 54.6 Å². The van der Waals surface area contributed by atoms with Crippen LogP contribution in [-0.4, -0.2) is 31.6 Å². The maximum absolute atomic E-state index is 12.6. The minimum absolute atomic E-state index is 0.224. The van der Waals surface area contributed by atoms with Crippen LogP contribution in [0.1, 0.15) is 64.3 Å². The summed E-state index contributed by atoms with van der Waals surface area (Å²) >= 11 is 0. The van der Waals surface area contributed by atoms with Crippen molar-refractivity contribution in [2.24, 2.45) is 0 Å². The van der Waals surface area contributed by atoms with Crippen molar-refractivity contribution < 1.29 is 23.8 Å². The lowest BCUT2D eigenvalue weighted by Gasteiger charge is -2.22. The zero-order chi connectivity index (χ0) is 23.6. The molecular formula is C29H30O5. The van der Waals surface area contributed by atoms with Gasteiger partial charge in [-0.2, -0.15) is 0 Å². The molecule has 5 heteroatoms. The molecule has 4 rings (SSSR count). The van der Waals surface area contributed by atoms with Gasteiger partial charge in [-0.05, 0) is 48.6 Å². The second-order valence-corrected chi connectivity index (χ2v) is 8.46. The van der Waals surface area contributed by atoms with Crippen molar-refractivity contribution in [2.45, 2.75) is 38.0 Å². The van der Waals surface area contributed by atoms with Crippen LogP contribution >= 0.6 is 0 Å². The van der Waals surface area contributed by atoms with Crippen LogP contribution in [0.4, 0.5) is 0 Å². The average Bonchev–Trinajstić information content (AvgIpc) is 2.91. The fourth-order valence-electron chi connectivity index (χ4n) is 4.26. The molecule has 1 aliphatic rings. The van der Waals surface area contributed by atoms with Crippen molar-refractivity contribution >= 4 is 11.8 Å². The van der Waals surface area contributed by atoms with Gasteiger partial charge in [-0.3, -0.25) is 4.79 Å². The fourth-order valence-corrected chi connectivity index (χ4v) is 4.26. The predicted molar refractivity (Wildman–Crippen MR) is 131 cm³/mol. The van der Waals surface area contributed by atoms with Gasteiger partial charge < -0.3 is 14.2 Å². The summed E-state index contributed by atoms with van der Waals surface area (Å²) in [6, 6.07) is 24.0. The van der Waals surface area contributed by atoms with E-state index < -0.39 is 5.97 Å². The van der Waals surface area contributed by atoms with Gasteiger partial charge in [0.05, 0.1) is 0 Å². The van der Waals surface area contributed by atoms with Crippen LogP contribution in [0.15, 0.2) is 78.9 Å². The van der Waals surface area contributed by atoms with Crippen LogP contribution in [-0.2, 0) is 4.74 Å². The molecule has 0 atom stereocenters. The summed E-state index contributed by atoms with van der Waals surface area (Å²) in [5, 5.41) is 0. The van der Waals surface area contributed by atoms with Gasteiger partial charge in [0, 0.05) is 5.56 Å². The van der Waals surface area contributed by atoms with Crippen LogP contribution in [0, 0.1) is 0 Å². The lowest BCUT2D eigenvalue weighted by Crippen LogP contribution is -2.16. The number of rotatable bonds is 10. The number of ether oxygens (including phenoxy) is 3. The predicted octanol–water partition coefficient (Wildman–Crippen LogP) is 6.23. The van der Waals surface area contributed by atoms with E-state index in [2.05, 4.69) is 0 Å². The molecule has 1 saturated carbocycles. The summed E-state index contributed by atoms with van der Waals surface area (Å²) in [5.41, 5.74) is 2.12. The molecule has 1 aliphatic carbocycles. The van der Waals surface area contributed by atoms with E-state index >= 15 is 0 Å². The van der Waals surface area contributed by atoms with Gasteiger partial charge in [-0.15, -0.1) is 0 Å². The molecule has 176 valence electrons. The molecule has 0 bridgehead atoms. The third-order valence-corrected chi connectivity index (χ3v) is 6.10. The largest absolute Gasteiger partial charge is 0.490 e. The minimum Gasteiger partial charge on any atom is -0.490 e. The minimum atomic E-state index is -0.591. The molecule has 0 aromatic heterocycles. The second-order valence-electron chi connectivity index (χ2n) is 8.46. The van der Waals surface area contributed by atoms with Crippen LogP contribution in [0.3, 0.4) is 0 Å². The van der Waals surface area contributed by atoms with Gasteiger partial charge in [0.25, 0.3) is 0 Å². The molecule has 0 aliphatic heterocycles. The lowest BCUT2D eigenvalue weighted by molar-refractivity contribution is 0.0470. The lowest BCUT2D eigenvalue weighted by atomic mass is 9.84. The second kappa shape index (κ2) is 12.0. The van der Waals surface area contributed by atoms with Crippen LogP contribution in [0.5, 0.6) is 11.5 Å². The molecule has 0 spiro atoms. The number of Topliss-reactive ketones (excluding diaryl/α,β-unsaturated/α-hetero) is 1. The van der Waals surface area contributed by atoms with Gasteiger partial charge in [0.2, 0.25) is 0 Å². The Hall–Kier alpha value is -3.60. The third-order valence-electron chi connectivity index (χ3n) is 6.10. The maximum atomic E-state index is 12.6. The molecule has 0 N–H and O–H groups in total. The number of esters is 1. The quantitative estimate of drug-likeness (QED) is 0.205. The van der Waals surface area contributed by atoms with E-state index in [1.54, 1.807) is 24.3 Å². The van der Waals surface area contributed by atoms with Gasteiger partial charge in [0.15, 0.2) is 12.4 Å². The maximum Gasteiger partial charge on any atom is 0.342 e. The van der Waals surface area contributed by atoms with Crippen molar-refractivity contribution in [3.8, 4) is 11.5 Å². The summed E-state index contributed by atoms with van der Waals surface area (Å²) < 4.78 is 16.7. The molecule has 34 heavy (non-hydrogen) atoms. The highest BCUT2D eigenvalue weighted by atomic mass is 16.5. The SMILES string of the molecule is O=C(COC(=O)c1ccccc1OCCOc1ccccc1)c1ccc(C2CCCCC2)cc1. The van der Waals surface area contributed by atoms with Crippen molar-refractivity contribution in [2.75, 3.05) is 19.8 Å². The highest BCUT2D eigenvalue weighted by Gasteiger charge is 2.18. The molecule has 0 unspecified atom stereocenters. The molecule has 0 amide bonds. The molecule has 0 radical (unpaired) electrons. The summed E-state index contributed by atoms with van der Waals surface area (Å²) in [5.74, 6) is 0.924. The van der Waals surface area contributed by atoms with Crippen molar-refractivity contribution in [3.63, 3.8) is 0 Å².